The van der Waals surface area contributed by atoms with E-state index in [1.807, 2.05) is 67.6 Å². The van der Waals surface area contributed by atoms with Gasteiger partial charge in [0.2, 0.25) is 0 Å². The average molecular weight is 249 g/mol. The van der Waals surface area contributed by atoms with Crippen molar-refractivity contribution in [2.24, 2.45) is 0 Å². The Hall–Kier alpha value is -2.55. The molecule has 2 N–H and O–H groups in total. The molecule has 1 heterocycles. The van der Waals surface area contributed by atoms with Crippen molar-refractivity contribution in [3.05, 3.63) is 66.2 Å². The van der Waals surface area contributed by atoms with E-state index in [0.29, 0.717) is 5.82 Å². The van der Waals surface area contributed by atoms with E-state index in [4.69, 9.17) is 5.73 Å². The first kappa shape index (κ1) is 11.5. The van der Waals surface area contributed by atoms with E-state index in [9.17, 15) is 0 Å². The Morgan fingerprint density at radius 1 is 0.895 bits per heavy atom. The molecule has 0 saturated carbocycles. The quantitative estimate of drug-likeness (QED) is 0.756. The van der Waals surface area contributed by atoms with Crippen LogP contribution in [0.25, 0.3) is 16.9 Å². The molecule has 2 aromatic carbocycles. The number of para-hydroxylation sites is 1. The van der Waals surface area contributed by atoms with Crippen molar-refractivity contribution in [3.8, 4) is 16.9 Å². The highest BCUT2D eigenvalue weighted by Crippen LogP contribution is 2.27. The molecule has 0 fully saturated rings. The molecular formula is C16H15N3. The van der Waals surface area contributed by atoms with E-state index >= 15 is 0 Å². The molecule has 0 saturated heterocycles. The lowest BCUT2D eigenvalue weighted by molar-refractivity contribution is 0.895. The summed E-state index contributed by atoms with van der Waals surface area (Å²) in [4.78, 5) is 0. The Bertz CT molecular complexity index is 625. The number of nitrogens with zero attached hydrogens (tertiary/aromatic N) is 2. The molecule has 1 aromatic heterocycles. The van der Waals surface area contributed by atoms with Crippen LogP contribution in [0, 0.1) is 6.92 Å². The normalized spacial score (nSPS) is 10.6. The van der Waals surface area contributed by atoms with Crippen molar-refractivity contribution in [2.45, 2.75) is 6.92 Å². The molecule has 3 heteroatoms. The summed E-state index contributed by atoms with van der Waals surface area (Å²) in [5.74, 6) is 0.685. The van der Waals surface area contributed by atoms with Gasteiger partial charge < -0.3 is 5.73 Å². The minimum absolute atomic E-state index is 0.685. The lowest BCUT2D eigenvalue weighted by Gasteiger charge is -2.02. The van der Waals surface area contributed by atoms with Crippen molar-refractivity contribution < 1.29 is 0 Å². The molecule has 94 valence electrons. The van der Waals surface area contributed by atoms with Gasteiger partial charge in [0, 0.05) is 11.1 Å². The van der Waals surface area contributed by atoms with E-state index in [2.05, 4.69) is 5.10 Å². The standard InChI is InChI=1S/C16H15N3/c1-12-15(13-8-4-2-5-9-13)18-19(16(12)17)14-10-6-3-7-11-14/h2-11H,17H2,1H3. The molecule has 3 rings (SSSR count). The van der Waals surface area contributed by atoms with Crippen LogP contribution >= 0.6 is 0 Å². The molecule has 19 heavy (non-hydrogen) atoms. The van der Waals surface area contributed by atoms with Crippen molar-refractivity contribution in [3.63, 3.8) is 0 Å². The number of rotatable bonds is 2. The van der Waals surface area contributed by atoms with Crippen LogP contribution in [-0.2, 0) is 0 Å². The van der Waals surface area contributed by atoms with Gasteiger partial charge in [0.05, 0.1) is 11.4 Å². The summed E-state index contributed by atoms with van der Waals surface area (Å²) in [7, 11) is 0. The van der Waals surface area contributed by atoms with Crippen molar-refractivity contribution in [1.82, 2.24) is 9.78 Å². The predicted octanol–water partition coefficient (Wildman–Crippen LogP) is 3.43. The lowest BCUT2D eigenvalue weighted by Crippen LogP contribution is -2.01. The molecule has 0 aliphatic rings. The molecule has 3 nitrogen and oxygen atoms in total. The summed E-state index contributed by atoms with van der Waals surface area (Å²) in [6.45, 7) is 2.00. The molecule has 0 aliphatic carbocycles. The van der Waals surface area contributed by atoms with Crippen LogP contribution in [0.4, 0.5) is 5.82 Å². The van der Waals surface area contributed by atoms with Crippen LogP contribution in [-0.4, -0.2) is 9.78 Å². The van der Waals surface area contributed by atoms with Crippen LogP contribution in [0.3, 0.4) is 0 Å². The fourth-order valence-electron chi connectivity index (χ4n) is 2.15. The van der Waals surface area contributed by atoms with E-state index in [-0.39, 0.29) is 0 Å². The van der Waals surface area contributed by atoms with Gasteiger partial charge in [-0.25, -0.2) is 4.68 Å². The SMILES string of the molecule is Cc1c(-c2ccccc2)nn(-c2ccccc2)c1N. The first-order valence-electron chi connectivity index (χ1n) is 6.23. The van der Waals surface area contributed by atoms with Crippen LogP contribution in [0.1, 0.15) is 5.56 Å². The maximum absolute atomic E-state index is 6.17. The smallest absolute Gasteiger partial charge is 0.130 e. The summed E-state index contributed by atoms with van der Waals surface area (Å²) in [6.07, 6.45) is 0. The fourth-order valence-corrected chi connectivity index (χ4v) is 2.15. The topological polar surface area (TPSA) is 43.8 Å². The predicted molar refractivity (Wildman–Crippen MR) is 78.1 cm³/mol. The van der Waals surface area contributed by atoms with Gasteiger partial charge >= 0.3 is 0 Å². The minimum atomic E-state index is 0.685. The zero-order chi connectivity index (χ0) is 13.2. The summed E-state index contributed by atoms with van der Waals surface area (Å²) in [5, 5.41) is 4.64. The maximum Gasteiger partial charge on any atom is 0.130 e. The molecule has 3 aromatic rings. The molecule has 0 atom stereocenters. The molecule has 0 unspecified atom stereocenters. The van der Waals surface area contributed by atoms with E-state index < -0.39 is 0 Å². The van der Waals surface area contributed by atoms with Crippen molar-refractivity contribution in [1.29, 1.82) is 0 Å². The van der Waals surface area contributed by atoms with Gasteiger partial charge in [-0.3, -0.25) is 0 Å². The van der Waals surface area contributed by atoms with Gasteiger partial charge in [0.25, 0.3) is 0 Å². The Morgan fingerprint density at radius 3 is 2.11 bits per heavy atom. The summed E-state index contributed by atoms with van der Waals surface area (Å²) >= 11 is 0. The number of benzene rings is 2. The van der Waals surface area contributed by atoms with Crippen molar-refractivity contribution in [2.75, 3.05) is 5.73 Å². The third kappa shape index (κ3) is 1.99. The minimum Gasteiger partial charge on any atom is -0.383 e. The second kappa shape index (κ2) is 4.61. The number of hydrogen-bond acceptors (Lipinski definition) is 2. The van der Waals surface area contributed by atoms with Crippen LogP contribution in [0.2, 0.25) is 0 Å². The second-order valence-corrected chi connectivity index (χ2v) is 4.47. The first-order valence-corrected chi connectivity index (χ1v) is 6.23. The molecule has 0 spiro atoms. The lowest BCUT2D eigenvalue weighted by atomic mass is 10.1. The van der Waals surface area contributed by atoms with Crippen LogP contribution in [0.5, 0.6) is 0 Å². The summed E-state index contributed by atoms with van der Waals surface area (Å²) in [5.41, 5.74) is 10.2. The number of anilines is 1. The monoisotopic (exact) mass is 249 g/mol. The van der Waals surface area contributed by atoms with Crippen LogP contribution < -0.4 is 5.73 Å². The largest absolute Gasteiger partial charge is 0.383 e. The Labute approximate surface area is 112 Å². The molecular weight excluding hydrogens is 234 g/mol. The number of hydrogen-bond donors (Lipinski definition) is 1. The number of nitrogens with two attached hydrogens (primary N) is 1. The molecule has 0 radical (unpaired) electrons. The summed E-state index contributed by atoms with van der Waals surface area (Å²) < 4.78 is 1.79. The van der Waals surface area contributed by atoms with Gasteiger partial charge in [-0.2, -0.15) is 5.10 Å². The third-order valence-electron chi connectivity index (χ3n) is 3.22. The second-order valence-electron chi connectivity index (χ2n) is 4.47. The first-order chi connectivity index (χ1) is 9.27. The summed E-state index contributed by atoms with van der Waals surface area (Å²) in [6, 6.07) is 20.0. The Balaban J connectivity index is 2.16. The van der Waals surface area contributed by atoms with E-state index in [0.717, 1.165) is 22.5 Å². The molecule has 0 bridgehead atoms. The van der Waals surface area contributed by atoms with Gasteiger partial charge in [0.1, 0.15) is 5.82 Å². The van der Waals surface area contributed by atoms with Gasteiger partial charge in [-0.05, 0) is 19.1 Å². The van der Waals surface area contributed by atoms with E-state index in [1.165, 1.54) is 0 Å². The third-order valence-corrected chi connectivity index (χ3v) is 3.22. The van der Waals surface area contributed by atoms with Gasteiger partial charge in [-0.15, -0.1) is 0 Å². The molecule has 0 aliphatic heterocycles. The Morgan fingerprint density at radius 2 is 1.47 bits per heavy atom. The highest BCUT2D eigenvalue weighted by molar-refractivity contribution is 5.69. The zero-order valence-electron chi connectivity index (χ0n) is 10.7. The zero-order valence-corrected chi connectivity index (χ0v) is 10.7. The highest BCUT2D eigenvalue weighted by atomic mass is 15.3. The number of aromatic nitrogens is 2. The van der Waals surface area contributed by atoms with E-state index in [1.54, 1.807) is 4.68 Å². The Kier molecular flexibility index (Phi) is 2.80. The fraction of sp³-hybridized carbons (Fsp3) is 0.0625. The van der Waals surface area contributed by atoms with Gasteiger partial charge in [-0.1, -0.05) is 48.5 Å². The highest BCUT2D eigenvalue weighted by Gasteiger charge is 2.13. The van der Waals surface area contributed by atoms with Gasteiger partial charge in [0.15, 0.2) is 0 Å². The number of nitrogen functional groups attached to an aromatic ring is 1. The average Bonchev–Trinajstić information content (AvgIpc) is 2.77. The molecule has 0 amide bonds. The van der Waals surface area contributed by atoms with Crippen molar-refractivity contribution >= 4 is 5.82 Å². The maximum atomic E-state index is 6.17. The van der Waals surface area contributed by atoms with Crippen LogP contribution in [0.15, 0.2) is 60.7 Å².